The van der Waals surface area contributed by atoms with Gasteiger partial charge < -0.3 is 24.8 Å². The topological polar surface area (TPSA) is 105 Å². The normalized spacial score (nSPS) is 25.3. The molecule has 2 amide bonds. The summed E-state index contributed by atoms with van der Waals surface area (Å²) in [6, 6.07) is 5.56. The highest BCUT2D eigenvalue weighted by atomic mass is 16.5. The third-order valence-corrected chi connectivity index (χ3v) is 4.74. The van der Waals surface area contributed by atoms with Crippen LogP contribution < -0.4 is 5.32 Å². The van der Waals surface area contributed by atoms with E-state index in [2.05, 4.69) is 5.32 Å². The number of carboxylic acid groups (broad SMARTS) is 1. The number of rotatable bonds is 5. The second-order valence-corrected chi connectivity index (χ2v) is 6.48. The zero-order chi connectivity index (χ0) is 18.7. The first-order chi connectivity index (χ1) is 12.5. The smallest absolute Gasteiger partial charge is 0.326 e. The maximum Gasteiger partial charge on any atom is 0.326 e. The van der Waals surface area contributed by atoms with Gasteiger partial charge in [0.25, 0.3) is 11.8 Å². The Labute approximate surface area is 151 Å². The lowest BCUT2D eigenvalue weighted by molar-refractivity contribution is -0.141. The predicted molar refractivity (Wildman–Crippen MR) is 91.9 cm³/mol. The number of hydrogen-bond donors (Lipinski definition) is 2. The zero-order valence-electron chi connectivity index (χ0n) is 14.5. The van der Waals surface area contributed by atoms with Gasteiger partial charge in [-0.25, -0.2) is 4.79 Å². The Hall–Kier alpha value is -2.45. The zero-order valence-corrected chi connectivity index (χ0v) is 14.5. The van der Waals surface area contributed by atoms with Crippen LogP contribution in [0.4, 0.5) is 5.69 Å². The first-order valence-corrected chi connectivity index (χ1v) is 8.58. The molecule has 1 aromatic rings. The van der Waals surface area contributed by atoms with Crippen molar-refractivity contribution in [1.82, 2.24) is 4.90 Å². The lowest BCUT2D eigenvalue weighted by Gasteiger charge is -2.21. The van der Waals surface area contributed by atoms with Gasteiger partial charge in [-0.15, -0.1) is 0 Å². The maximum absolute atomic E-state index is 12.8. The van der Waals surface area contributed by atoms with Crippen molar-refractivity contribution in [1.29, 1.82) is 0 Å². The Balaban J connectivity index is 1.73. The number of hydrogen-bond acceptors (Lipinski definition) is 5. The van der Waals surface area contributed by atoms with Crippen LogP contribution in [-0.2, 0) is 19.1 Å². The van der Waals surface area contributed by atoms with Crippen molar-refractivity contribution in [3.05, 3.63) is 29.8 Å². The number of methoxy groups -OCH3 is 1. The molecule has 0 saturated carbocycles. The van der Waals surface area contributed by atoms with E-state index in [9.17, 15) is 19.5 Å². The van der Waals surface area contributed by atoms with Gasteiger partial charge in [-0.1, -0.05) is 6.07 Å². The van der Waals surface area contributed by atoms with Crippen molar-refractivity contribution in [2.45, 2.75) is 37.5 Å². The van der Waals surface area contributed by atoms with Crippen LogP contribution in [0.25, 0.3) is 0 Å². The third kappa shape index (κ3) is 3.86. The predicted octanol–water partition coefficient (Wildman–Crippen LogP) is 1.12. The summed E-state index contributed by atoms with van der Waals surface area (Å²) in [4.78, 5) is 37.7. The molecular formula is C18H22N2O6. The fourth-order valence-electron chi connectivity index (χ4n) is 3.33. The van der Waals surface area contributed by atoms with Crippen LogP contribution in [-0.4, -0.2) is 66.3 Å². The minimum absolute atomic E-state index is 0.221. The van der Waals surface area contributed by atoms with E-state index in [0.29, 0.717) is 24.3 Å². The number of carboxylic acids is 1. The summed E-state index contributed by atoms with van der Waals surface area (Å²) in [5.74, 6) is -1.69. The van der Waals surface area contributed by atoms with Gasteiger partial charge in [-0.05, 0) is 31.0 Å². The van der Waals surface area contributed by atoms with E-state index in [4.69, 9.17) is 9.47 Å². The molecule has 2 aliphatic rings. The number of carbonyl (C=O) groups is 3. The second-order valence-electron chi connectivity index (χ2n) is 6.48. The number of nitrogens with one attached hydrogen (secondary N) is 1. The first-order valence-electron chi connectivity index (χ1n) is 8.58. The van der Waals surface area contributed by atoms with Crippen LogP contribution in [0.15, 0.2) is 24.3 Å². The molecule has 0 aromatic heterocycles. The van der Waals surface area contributed by atoms with E-state index in [0.717, 1.165) is 6.42 Å². The molecule has 0 bridgehead atoms. The molecule has 0 aliphatic carbocycles. The SMILES string of the molecule is COC1CC(C(=O)O)N(C(=O)c2cccc(NC(=O)C3CCCO3)c2)C1. The number of ether oxygens (including phenoxy) is 2. The van der Waals surface area contributed by atoms with Crippen LogP contribution in [0.3, 0.4) is 0 Å². The molecule has 2 saturated heterocycles. The molecule has 2 heterocycles. The number of amides is 2. The molecule has 0 radical (unpaired) electrons. The van der Waals surface area contributed by atoms with Crippen LogP contribution in [0, 0.1) is 0 Å². The van der Waals surface area contributed by atoms with E-state index >= 15 is 0 Å². The Morgan fingerprint density at radius 1 is 1.35 bits per heavy atom. The molecule has 3 rings (SSSR count). The molecule has 8 heteroatoms. The number of benzene rings is 1. The van der Waals surface area contributed by atoms with Crippen molar-refractivity contribution >= 4 is 23.5 Å². The van der Waals surface area contributed by atoms with Crippen molar-refractivity contribution in [2.75, 3.05) is 25.6 Å². The van der Waals surface area contributed by atoms with Crippen molar-refractivity contribution < 1.29 is 29.0 Å². The highest BCUT2D eigenvalue weighted by Crippen LogP contribution is 2.24. The van der Waals surface area contributed by atoms with Crippen LogP contribution in [0.5, 0.6) is 0 Å². The van der Waals surface area contributed by atoms with Crippen LogP contribution in [0.1, 0.15) is 29.6 Å². The van der Waals surface area contributed by atoms with E-state index in [1.807, 2.05) is 0 Å². The Morgan fingerprint density at radius 2 is 2.15 bits per heavy atom. The summed E-state index contributed by atoms with van der Waals surface area (Å²) in [6.07, 6.45) is 1.02. The van der Waals surface area contributed by atoms with Crippen molar-refractivity contribution in [3.63, 3.8) is 0 Å². The molecule has 3 unspecified atom stereocenters. The molecule has 140 valence electrons. The molecule has 26 heavy (non-hydrogen) atoms. The summed E-state index contributed by atoms with van der Waals surface area (Å²) in [5.41, 5.74) is 0.795. The third-order valence-electron chi connectivity index (χ3n) is 4.74. The molecule has 1 aromatic carbocycles. The summed E-state index contributed by atoms with van der Waals surface area (Å²) < 4.78 is 10.6. The van der Waals surface area contributed by atoms with Gasteiger partial charge in [0.15, 0.2) is 0 Å². The molecular weight excluding hydrogens is 340 g/mol. The van der Waals surface area contributed by atoms with Gasteiger partial charge in [-0.2, -0.15) is 0 Å². The lowest BCUT2D eigenvalue weighted by Crippen LogP contribution is -2.40. The number of carbonyl (C=O) groups excluding carboxylic acids is 2. The molecule has 0 spiro atoms. The van der Waals surface area contributed by atoms with Gasteiger partial charge in [0.2, 0.25) is 0 Å². The maximum atomic E-state index is 12.8. The number of anilines is 1. The van der Waals surface area contributed by atoms with Crippen molar-refractivity contribution in [2.24, 2.45) is 0 Å². The summed E-state index contributed by atoms with van der Waals surface area (Å²) in [5, 5.41) is 12.1. The second kappa shape index (κ2) is 7.84. The summed E-state index contributed by atoms with van der Waals surface area (Å²) >= 11 is 0. The lowest BCUT2D eigenvalue weighted by atomic mass is 10.1. The van der Waals surface area contributed by atoms with Gasteiger partial charge in [0.05, 0.1) is 6.10 Å². The molecule has 8 nitrogen and oxygen atoms in total. The van der Waals surface area contributed by atoms with Gasteiger partial charge in [-0.3, -0.25) is 9.59 Å². The van der Waals surface area contributed by atoms with Crippen LogP contribution >= 0.6 is 0 Å². The number of nitrogens with zero attached hydrogens (tertiary/aromatic N) is 1. The highest BCUT2D eigenvalue weighted by molar-refractivity contribution is 5.99. The monoisotopic (exact) mass is 362 g/mol. The standard InChI is InChI=1S/C18H22N2O6/c1-25-13-9-14(18(23)24)20(10-13)17(22)11-4-2-5-12(8-11)19-16(21)15-6-3-7-26-15/h2,4-5,8,13-15H,3,6-7,9-10H2,1H3,(H,19,21)(H,23,24). The fourth-order valence-corrected chi connectivity index (χ4v) is 3.33. The highest BCUT2D eigenvalue weighted by Gasteiger charge is 2.40. The Bertz CT molecular complexity index is 701. The van der Waals surface area contributed by atoms with Gasteiger partial charge >= 0.3 is 5.97 Å². The minimum atomic E-state index is -1.05. The average Bonchev–Trinajstić information content (AvgIpc) is 3.31. The number of aliphatic carboxylic acids is 1. The largest absolute Gasteiger partial charge is 0.480 e. The van der Waals surface area contributed by atoms with Crippen molar-refractivity contribution in [3.8, 4) is 0 Å². The molecule has 2 N–H and O–H groups in total. The quantitative estimate of drug-likeness (QED) is 0.813. The van der Waals surface area contributed by atoms with E-state index in [-0.39, 0.29) is 25.0 Å². The van der Waals surface area contributed by atoms with E-state index < -0.39 is 24.0 Å². The molecule has 2 aliphatic heterocycles. The molecule has 2 fully saturated rings. The number of likely N-dealkylation sites (tertiary alicyclic amines) is 1. The Morgan fingerprint density at radius 3 is 2.81 bits per heavy atom. The minimum Gasteiger partial charge on any atom is -0.480 e. The fraction of sp³-hybridized carbons (Fsp3) is 0.500. The summed E-state index contributed by atoms with van der Waals surface area (Å²) in [7, 11) is 1.50. The van der Waals surface area contributed by atoms with E-state index in [1.54, 1.807) is 24.3 Å². The Kier molecular flexibility index (Phi) is 5.53. The average molecular weight is 362 g/mol. The summed E-state index contributed by atoms with van der Waals surface area (Å²) in [6.45, 7) is 0.793. The van der Waals surface area contributed by atoms with Crippen LogP contribution in [0.2, 0.25) is 0 Å². The van der Waals surface area contributed by atoms with E-state index in [1.165, 1.54) is 12.0 Å². The van der Waals surface area contributed by atoms with Gasteiger partial charge in [0, 0.05) is 37.9 Å². The first kappa shape index (κ1) is 18.3. The molecule has 3 atom stereocenters. The van der Waals surface area contributed by atoms with Gasteiger partial charge in [0.1, 0.15) is 12.1 Å².